The topological polar surface area (TPSA) is 69.4 Å². The van der Waals surface area contributed by atoms with E-state index in [1.54, 1.807) is 13.8 Å². The van der Waals surface area contributed by atoms with Crippen LogP contribution in [0.1, 0.15) is 20.3 Å². The van der Waals surface area contributed by atoms with E-state index in [0.29, 0.717) is 12.0 Å². The van der Waals surface area contributed by atoms with E-state index in [-0.39, 0.29) is 5.88 Å². The standard InChI is InChI=1S/C9H14ClNO3/c1-3-7(9(11)13)4-6(2)14-8(12)5-10/h4,6H,3,5H2,1-2H3,(H2,11,13)/b7-4+. The van der Waals surface area contributed by atoms with Gasteiger partial charge in [0.1, 0.15) is 12.0 Å². The molecular formula is C9H14ClNO3. The normalized spacial score (nSPS) is 13.5. The molecule has 1 amide bonds. The van der Waals surface area contributed by atoms with E-state index in [1.165, 1.54) is 6.08 Å². The summed E-state index contributed by atoms with van der Waals surface area (Å²) in [6, 6.07) is 0. The number of amides is 1. The van der Waals surface area contributed by atoms with Gasteiger partial charge in [0.25, 0.3) is 0 Å². The minimum Gasteiger partial charge on any atom is -0.458 e. The maximum absolute atomic E-state index is 10.8. The number of ether oxygens (including phenoxy) is 1. The molecule has 0 radical (unpaired) electrons. The van der Waals surface area contributed by atoms with E-state index in [2.05, 4.69) is 0 Å². The molecule has 4 nitrogen and oxygen atoms in total. The third kappa shape index (κ3) is 4.87. The molecule has 0 fully saturated rings. The van der Waals surface area contributed by atoms with Gasteiger partial charge < -0.3 is 10.5 Å². The zero-order valence-corrected chi connectivity index (χ0v) is 9.00. The molecule has 14 heavy (non-hydrogen) atoms. The van der Waals surface area contributed by atoms with Crippen molar-refractivity contribution in [3.05, 3.63) is 11.6 Å². The van der Waals surface area contributed by atoms with Gasteiger partial charge in [0.15, 0.2) is 0 Å². The van der Waals surface area contributed by atoms with Crippen LogP contribution in [0.2, 0.25) is 0 Å². The van der Waals surface area contributed by atoms with E-state index >= 15 is 0 Å². The van der Waals surface area contributed by atoms with Crippen molar-refractivity contribution in [2.75, 3.05) is 5.88 Å². The van der Waals surface area contributed by atoms with Gasteiger partial charge in [-0.2, -0.15) is 0 Å². The van der Waals surface area contributed by atoms with Gasteiger partial charge >= 0.3 is 5.97 Å². The van der Waals surface area contributed by atoms with Crippen LogP contribution in [0, 0.1) is 0 Å². The summed E-state index contributed by atoms with van der Waals surface area (Å²) >= 11 is 5.24. The van der Waals surface area contributed by atoms with E-state index in [9.17, 15) is 9.59 Å². The smallest absolute Gasteiger partial charge is 0.321 e. The lowest BCUT2D eigenvalue weighted by molar-refractivity contribution is -0.143. The number of carbonyl (C=O) groups excluding carboxylic acids is 2. The lowest BCUT2D eigenvalue weighted by atomic mass is 10.1. The highest BCUT2D eigenvalue weighted by atomic mass is 35.5. The average molecular weight is 220 g/mol. The summed E-state index contributed by atoms with van der Waals surface area (Å²) in [4.78, 5) is 21.6. The fourth-order valence-electron chi connectivity index (χ4n) is 0.930. The Kier molecular flexibility index (Phi) is 5.95. The van der Waals surface area contributed by atoms with Crippen molar-refractivity contribution >= 4 is 23.5 Å². The first-order valence-electron chi connectivity index (χ1n) is 4.27. The minimum absolute atomic E-state index is 0.198. The van der Waals surface area contributed by atoms with Crippen LogP contribution in [-0.4, -0.2) is 23.9 Å². The van der Waals surface area contributed by atoms with E-state index in [0.717, 1.165) is 0 Å². The molecule has 0 spiro atoms. The Labute approximate surface area is 88.0 Å². The minimum atomic E-state index is -0.518. The second-order valence-electron chi connectivity index (χ2n) is 2.74. The van der Waals surface area contributed by atoms with Gasteiger partial charge in [-0.25, -0.2) is 0 Å². The Bertz CT molecular complexity index is 250. The van der Waals surface area contributed by atoms with Gasteiger partial charge in [-0.1, -0.05) is 6.92 Å². The van der Waals surface area contributed by atoms with Crippen molar-refractivity contribution in [1.29, 1.82) is 0 Å². The second-order valence-corrected chi connectivity index (χ2v) is 3.01. The van der Waals surface area contributed by atoms with Gasteiger partial charge in [-0.15, -0.1) is 11.6 Å². The van der Waals surface area contributed by atoms with E-state index in [4.69, 9.17) is 22.1 Å². The molecule has 80 valence electrons. The predicted molar refractivity (Wildman–Crippen MR) is 53.8 cm³/mol. The van der Waals surface area contributed by atoms with Crippen molar-refractivity contribution in [1.82, 2.24) is 0 Å². The van der Waals surface area contributed by atoms with Crippen LogP contribution in [0.25, 0.3) is 0 Å². The molecule has 0 aliphatic rings. The molecule has 0 saturated carbocycles. The molecule has 5 heteroatoms. The number of halogens is 1. The first kappa shape index (κ1) is 13.0. The Hall–Kier alpha value is -1.03. The number of primary amides is 1. The first-order chi connectivity index (χ1) is 6.51. The van der Waals surface area contributed by atoms with Crippen LogP contribution in [-0.2, 0) is 14.3 Å². The molecule has 1 atom stereocenters. The third-order valence-electron chi connectivity index (χ3n) is 1.56. The quantitative estimate of drug-likeness (QED) is 0.426. The number of hydrogen-bond donors (Lipinski definition) is 1. The molecule has 0 bridgehead atoms. The van der Waals surface area contributed by atoms with Crippen LogP contribution in [0.4, 0.5) is 0 Å². The fraction of sp³-hybridized carbons (Fsp3) is 0.556. The summed E-state index contributed by atoms with van der Waals surface area (Å²) in [5.41, 5.74) is 5.53. The van der Waals surface area contributed by atoms with Crippen molar-refractivity contribution in [2.45, 2.75) is 26.4 Å². The largest absolute Gasteiger partial charge is 0.458 e. The van der Waals surface area contributed by atoms with Gasteiger partial charge in [0, 0.05) is 5.57 Å². The highest BCUT2D eigenvalue weighted by molar-refractivity contribution is 6.26. The Balaban J connectivity index is 4.31. The Morgan fingerprint density at radius 1 is 1.57 bits per heavy atom. The summed E-state index contributed by atoms with van der Waals surface area (Å²) in [5, 5.41) is 0. The van der Waals surface area contributed by atoms with E-state index < -0.39 is 18.0 Å². The van der Waals surface area contributed by atoms with Crippen LogP contribution in [0.3, 0.4) is 0 Å². The number of esters is 1. The first-order valence-corrected chi connectivity index (χ1v) is 4.80. The number of nitrogens with two attached hydrogens (primary N) is 1. The number of hydrogen-bond acceptors (Lipinski definition) is 3. The Morgan fingerprint density at radius 2 is 2.14 bits per heavy atom. The molecule has 0 aliphatic carbocycles. The van der Waals surface area contributed by atoms with Crippen molar-refractivity contribution < 1.29 is 14.3 Å². The molecule has 0 aromatic rings. The number of rotatable bonds is 5. The molecular weight excluding hydrogens is 206 g/mol. The maximum Gasteiger partial charge on any atom is 0.321 e. The third-order valence-corrected chi connectivity index (χ3v) is 1.78. The molecule has 0 aromatic heterocycles. The average Bonchev–Trinajstić information content (AvgIpc) is 2.13. The maximum atomic E-state index is 10.8. The highest BCUT2D eigenvalue weighted by Gasteiger charge is 2.09. The molecule has 1 unspecified atom stereocenters. The van der Waals surface area contributed by atoms with Gasteiger partial charge in [0.2, 0.25) is 5.91 Å². The van der Waals surface area contributed by atoms with Gasteiger partial charge in [-0.05, 0) is 19.4 Å². The van der Waals surface area contributed by atoms with Crippen LogP contribution < -0.4 is 5.73 Å². The predicted octanol–water partition coefficient (Wildman–Crippen LogP) is 0.979. The van der Waals surface area contributed by atoms with Crippen LogP contribution in [0.5, 0.6) is 0 Å². The molecule has 0 aliphatic heterocycles. The SMILES string of the molecule is CC/C(=C\C(C)OC(=O)CCl)C(N)=O. The summed E-state index contributed by atoms with van der Waals surface area (Å²) in [6.07, 6.45) is 1.55. The fourth-order valence-corrected chi connectivity index (χ4v) is 0.993. The van der Waals surface area contributed by atoms with Crippen molar-refractivity contribution in [3.63, 3.8) is 0 Å². The zero-order valence-electron chi connectivity index (χ0n) is 8.25. The highest BCUT2D eigenvalue weighted by Crippen LogP contribution is 2.04. The summed E-state index contributed by atoms with van der Waals surface area (Å²) in [7, 11) is 0. The van der Waals surface area contributed by atoms with Gasteiger partial charge in [-0.3, -0.25) is 9.59 Å². The van der Waals surface area contributed by atoms with Crippen molar-refractivity contribution in [2.24, 2.45) is 5.73 Å². The van der Waals surface area contributed by atoms with Crippen LogP contribution >= 0.6 is 11.6 Å². The van der Waals surface area contributed by atoms with Gasteiger partial charge in [0.05, 0.1) is 0 Å². The zero-order chi connectivity index (χ0) is 11.1. The molecule has 2 N–H and O–H groups in total. The monoisotopic (exact) mass is 219 g/mol. The molecule has 0 rings (SSSR count). The summed E-state index contributed by atoms with van der Waals surface area (Å²) < 4.78 is 4.83. The second kappa shape index (κ2) is 6.43. The van der Waals surface area contributed by atoms with E-state index in [1.807, 2.05) is 0 Å². The summed E-state index contributed by atoms with van der Waals surface area (Å²) in [5.74, 6) is -1.22. The number of carbonyl (C=O) groups is 2. The summed E-state index contributed by atoms with van der Waals surface area (Å²) in [6.45, 7) is 3.44. The lowest BCUT2D eigenvalue weighted by Crippen LogP contribution is -2.18. The molecule has 0 heterocycles. The van der Waals surface area contributed by atoms with Crippen molar-refractivity contribution in [3.8, 4) is 0 Å². The molecule has 0 saturated heterocycles. The lowest BCUT2D eigenvalue weighted by Gasteiger charge is -2.09. The molecule has 0 aromatic carbocycles. The Morgan fingerprint density at radius 3 is 2.50 bits per heavy atom. The number of alkyl halides is 1. The van der Waals surface area contributed by atoms with Crippen LogP contribution in [0.15, 0.2) is 11.6 Å².